The molecular weight excluding hydrogens is 394 g/mol. The summed E-state index contributed by atoms with van der Waals surface area (Å²) in [5.41, 5.74) is 1.21. The molecule has 1 aromatic carbocycles. The summed E-state index contributed by atoms with van der Waals surface area (Å²) in [5.74, 6) is 1.54. The first-order chi connectivity index (χ1) is 14.5. The molecule has 0 bridgehead atoms. The van der Waals surface area contributed by atoms with Crippen molar-refractivity contribution in [2.24, 2.45) is 0 Å². The Labute approximate surface area is 185 Å². The Bertz CT molecular complexity index is 801. The van der Waals surface area contributed by atoms with Crippen molar-refractivity contribution < 1.29 is 4.79 Å². The summed E-state index contributed by atoms with van der Waals surface area (Å²) >= 11 is 1.51. The van der Waals surface area contributed by atoms with Gasteiger partial charge in [0.15, 0.2) is 11.0 Å². The van der Waals surface area contributed by atoms with Gasteiger partial charge in [-0.3, -0.25) is 9.69 Å². The highest BCUT2D eigenvalue weighted by atomic mass is 32.2. The molecule has 7 heteroatoms. The quantitative estimate of drug-likeness (QED) is 0.559. The summed E-state index contributed by atoms with van der Waals surface area (Å²) in [6.07, 6.45) is 6.96. The summed E-state index contributed by atoms with van der Waals surface area (Å²) in [4.78, 5) is 17.0. The molecule has 0 saturated heterocycles. The number of hydrogen-bond donors (Lipinski definition) is 0. The Kier molecular flexibility index (Phi) is 8.33. The van der Waals surface area contributed by atoms with Gasteiger partial charge in [0.25, 0.3) is 0 Å². The van der Waals surface area contributed by atoms with E-state index in [-0.39, 0.29) is 11.9 Å². The lowest BCUT2D eigenvalue weighted by Crippen LogP contribution is -2.39. The Morgan fingerprint density at radius 3 is 2.47 bits per heavy atom. The third-order valence-corrected chi connectivity index (χ3v) is 7.03. The number of benzene rings is 1. The number of nitrogens with zero attached hydrogens (tertiary/aromatic N) is 5. The van der Waals surface area contributed by atoms with Crippen molar-refractivity contribution in [1.82, 2.24) is 24.6 Å². The van der Waals surface area contributed by atoms with Gasteiger partial charge in [0.2, 0.25) is 5.91 Å². The molecule has 1 aromatic heterocycles. The van der Waals surface area contributed by atoms with Gasteiger partial charge in [0, 0.05) is 13.1 Å². The summed E-state index contributed by atoms with van der Waals surface area (Å²) in [6.45, 7) is 2.88. The Morgan fingerprint density at radius 1 is 1.13 bits per heavy atom. The maximum Gasteiger partial charge on any atom is 0.233 e. The summed E-state index contributed by atoms with van der Waals surface area (Å²) in [5, 5.41) is 9.85. The fourth-order valence-electron chi connectivity index (χ4n) is 4.25. The summed E-state index contributed by atoms with van der Waals surface area (Å²) < 4.78 is 2.18. The second-order valence-corrected chi connectivity index (χ2v) is 9.33. The molecule has 1 amide bonds. The van der Waals surface area contributed by atoms with Crippen molar-refractivity contribution in [3.8, 4) is 0 Å². The first-order valence-corrected chi connectivity index (χ1v) is 12.0. The molecule has 1 saturated carbocycles. The van der Waals surface area contributed by atoms with Crippen LogP contribution in [0.25, 0.3) is 0 Å². The van der Waals surface area contributed by atoms with Gasteiger partial charge >= 0.3 is 0 Å². The topological polar surface area (TPSA) is 54.3 Å². The van der Waals surface area contributed by atoms with Crippen LogP contribution in [0.5, 0.6) is 0 Å². The summed E-state index contributed by atoms with van der Waals surface area (Å²) in [6, 6.07) is 11.0. The fourth-order valence-corrected chi connectivity index (χ4v) is 5.12. The molecule has 1 heterocycles. The van der Waals surface area contributed by atoms with Crippen LogP contribution < -0.4 is 0 Å². The first kappa shape index (κ1) is 22.8. The minimum Gasteiger partial charge on any atom is -0.342 e. The zero-order valence-corrected chi connectivity index (χ0v) is 19.6. The van der Waals surface area contributed by atoms with Crippen molar-refractivity contribution in [3.05, 3.63) is 41.7 Å². The van der Waals surface area contributed by atoms with Gasteiger partial charge < -0.3 is 9.47 Å². The maximum absolute atomic E-state index is 12.8. The van der Waals surface area contributed by atoms with E-state index in [0.29, 0.717) is 18.3 Å². The number of aromatic nitrogens is 3. The molecule has 164 valence electrons. The van der Waals surface area contributed by atoms with E-state index in [0.717, 1.165) is 30.2 Å². The van der Waals surface area contributed by atoms with E-state index in [4.69, 9.17) is 0 Å². The average molecular weight is 430 g/mol. The average Bonchev–Trinajstić information content (AvgIpc) is 3.15. The fraction of sp³-hybridized carbons (Fsp3) is 0.609. The molecule has 1 atom stereocenters. The molecule has 1 aliphatic rings. The first-order valence-electron chi connectivity index (χ1n) is 11.0. The monoisotopic (exact) mass is 429 g/mol. The van der Waals surface area contributed by atoms with E-state index in [2.05, 4.69) is 64.9 Å². The van der Waals surface area contributed by atoms with Crippen LogP contribution in [0.1, 0.15) is 62.9 Å². The Hall–Kier alpha value is -1.86. The van der Waals surface area contributed by atoms with E-state index in [1.807, 2.05) is 18.0 Å². The Balaban J connectivity index is 1.76. The smallest absolute Gasteiger partial charge is 0.233 e. The van der Waals surface area contributed by atoms with Gasteiger partial charge in [-0.25, -0.2) is 0 Å². The second kappa shape index (κ2) is 11.0. The molecule has 30 heavy (non-hydrogen) atoms. The molecule has 1 unspecified atom stereocenters. The molecule has 6 nitrogen and oxygen atoms in total. The van der Waals surface area contributed by atoms with Gasteiger partial charge in [0.1, 0.15) is 0 Å². The van der Waals surface area contributed by atoms with Gasteiger partial charge in [-0.15, -0.1) is 10.2 Å². The molecule has 0 radical (unpaired) electrons. The maximum atomic E-state index is 12.8. The molecule has 1 aliphatic carbocycles. The number of carbonyl (C=O) groups excluding carboxylic acids is 1. The number of thioether (sulfide) groups is 1. The second-order valence-electron chi connectivity index (χ2n) is 8.39. The lowest BCUT2D eigenvalue weighted by atomic mass is 9.94. The minimum atomic E-state index is 0.183. The number of hydrogen-bond acceptors (Lipinski definition) is 5. The molecule has 1 fully saturated rings. The third kappa shape index (κ3) is 5.64. The number of carbonyl (C=O) groups is 1. The predicted molar refractivity (Wildman–Crippen MR) is 123 cm³/mol. The van der Waals surface area contributed by atoms with Crippen molar-refractivity contribution in [1.29, 1.82) is 0 Å². The van der Waals surface area contributed by atoms with Gasteiger partial charge in [0.05, 0.1) is 18.3 Å². The molecule has 2 aromatic rings. The van der Waals surface area contributed by atoms with Crippen molar-refractivity contribution in [2.45, 2.75) is 69.2 Å². The standard InChI is InChI=1S/C23H35N5OS/c1-5-20(26(2)3)22-24-25-23(28(22)16-18-12-8-6-9-13-18)30-17-21(29)27(4)19-14-10-7-11-15-19/h6,8-9,12-13,19-20H,5,7,10-11,14-17H2,1-4H3. The van der Waals surface area contributed by atoms with Crippen molar-refractivity contribution in [2.75, 3.05) is 26.9 Å². The number of amides is 1. The zero-order valence-electron chi connectivity index (χ0n) is 18.8. The lowest BCUT2D eigenvalue weighted by Gasteiger charge is -2.31. The van der Waals surface area contributed by atoms with Crippen molar-refractivity contribution in [3.63, 3.8) is 0 Å². The van der Waals surface area contributed by atoms with Crippen LogP contribution in [-0.2, 0) is 11.3 Å². The highest BCUT2D eigenvalue weighted by Crippen LogP contribution is 2.27. The number of rotatable bonds is 9. The lowest BCUT2D eigenvalue weighted by molar-refractivity contribution is -0.129. The van der Waals surface area contributed by atoms with Crippen LogP contribution in [0.4, 0.5) is 0 Å². The molecule has 0 N–H and O–H groups in total. The van der Waals surface area contributed by atoms with Crippen LogP contribution in [0.15, 0.2) is 35.5 Å². The molecule has 3 rings (SSSR count). The van der Waals surface area contributed by atoms with E-state index in [9.17, 15) is 4.79 Å². The van der Waals surface area contributed by atoms with Gasteiger partial charge in [-0.1, -0.05) is 68.3 Å². The normalized spacial score (nSPS) is 16.0. The van der Waals surface area contributed by atoms with Crippen molar-refractivity contribution >= 4 is 17.7 Å². The van der Waals surface area contributed by atoms with Crippen LogP contribution in [0.2, 0.25) is 0 Å². The van der Waals surface area contributed by atoms with Crippen LogP contribution in [0, 0.1) is 0 Å². The van der Waals surface area contributed by atoms with E-state index < -0.39 is 0 Å². The van der Waals surface area contributed by atoms with Gasteiger partial charge in [-0.2, -0.15) is 0 Å². The zero-order chi connectivity index (χ0) is 21.5. The van der Waals surface area contributed by atoms with E-state index in [1.54, 1.807) is 0 Å². The SMILES string of the molecule is CCC(c1nnc(SCC(=O)N(C)C2CCCCC2)n1Cc1ccccc1)N(C)C. The molecule has 0 aliphatic heterocycles. The Morgan fingerprint density at radius 2 is 1.83 bits per heavy atom. The van der Waals surface area contributed by atoms with Gasteiger partial charge in [-0.05, 0) is 38.9 Å². The van der Waals surface area contributed by atoms with E-state index in [1.165, 1.54) is 36.6 Å². The highest BCUT2D eigenvalue weighted by molar-refractivity contribution is 7.99. The predicted octanol–water partition coefficient (Wildman–Crippen LogP) is 4.22. The summed E-state index contributed by atoms with van der Waals surface area (Å²) in [7, 11) is 6.11. The van der Waals surface area contributed by atoms with E-state index >= 15 is 0 Å². The van der Waals surface area contributed by atoms with Crippen LogP contribution in [-0.4, -0.2) is 63.4 Å². The highest BCUT2D eigenvalue weighted by Gasteiger charge is 2.25. The molecular formula is C23H35N5OS. The largest absolute Gasteiger partial charge is 0.342 e. The molecule has 0 spiro atoms. The van der Waals surface area contributed by atoms with Crippen LogP contribution in [0.3, 0.4) is 0 Å². The van der Waals surface area contributed by atoms with Crippen LogP contribution >= 0.6 is 11.8 Å². The third-order valence-electron chi connectivity index (χ3n) is 6.08. The minimum absolute atomic E-state index is 0.183.